The van der Waals surface area contributed by atoms with Gasteiger partial charge in [-0.1, -0.05) is 12.1 Å². The molecular formula is C18H22N4O3. The Bertz CT molecular complexity index is 758. The lowest BCUT2D eigenvalue weighted by Gasteiger charge is -2.32. The van der Waals surface area contributed by atoms with Crippen molar-refractivity contribution in [2.45, 2.75) is 19.8 Å². The van der Waals surface area contributed by atoms with Crippen LogP contribution in [0.3, 0.4) is 0 Å². The number of rotatable bonds is 5. The molecule has 7 heteroatoms. The van der Waals surface area contributed by atoms with Crippen LogP contribution >= 0.6 is 0 Å². The van der Waals surface area contributed by atoms with Crippen LogP contribution in [0.1, 0.15) is 19.8 Å². The molecule has 3 rings (SSSR count). The minimum absolute atomic E-state index is 0.128. The van der Waals surface area contributed by atoms with Crippen LogP contribution in [0.25, 0.3) is 0 Å². The number of Topliss-reactive ketones (excluding diaryl/α,β-unsaturated/α-hetero) is 1. The van der Waals surface area contributed by atoms with Gasteiger partial charge in [0, 0.05) is 19.0 Å². The van der Waals surface area contributed by atoms with E-state index < -0.39 is 0 Å². The second-order valence-corrected chi connectivity index (χ2v) is 6.04. The molecule has 7 nitrogen and oxygen atoms in total. The minimum Gasteiger partial charge on any atom is -0.493 e. The van der Waals surface area contributed by atoms with Crippen LogP contribution in [0.15, 0.2) is 30.6 Å². The predicted octanol–water partition coefficient (Wildman–Crippen LogP) is 2.67. The van der Waals surface area contributed by atoms with Crippen molar-refractivity contribution in [3.8, 4) is 17.4 Å². The fourth-order valence-corrected chi connectivity index (χ4v) is 3.01. The van der Waals surface area contributed by atoms with Crippen molar-refractivity contribution in [3.05, 3.63) is 30.6 Å². The van der Waals surface area contributed by atoms with Gasteiger partial charge in [-0.15, -0.1) is 0 Å². The number of benzene rings is 1. The summed E-state index contributed by atoms with van der Waals surface area (Å²) in [6.45, 7) is 3.12. The van der Waals surface area contributed by atoms with E-state index in [-0.39, 0.29) is 11.7 Å². The first kappa shape index (κ1) is 17.0. The molecule has 132 valence electrons. The Morgan fingerprint density at radius 1 is 1.20 bits per heavy atom. The second-order valence-electron chi connectivity index (χ2n) is 6.04. The number of nitrogens with two attached hydrogens (primary N) is 1. The van der Waals surface area contributed by atoms with Crippen molar-refractivity contribution in [3.63, 3.8) is 0 Å². The third-order valence-corrected chi connectivity index (χ3v) is 4.47. The SMILES string of the molecule is COc1ccccc1Oc1ncnc(N2CCC(C(C)=O)CC2)c1N. The maximum atomic E-state index is 11.5. The molecule has 2 N–H and O–H groups in total. The van der Waals surface area contributed by atoms with Gasteiger partial charge in [-0.05, 0) is 31.9 Å². The summed E-state index contributed by atoms with van der Waals surface area (Å²) >= 11 is 0. The maximum Gasteiger partial charge on any atom is 0.248 e. The second kappa shape index (κ2) is 7.38. The molecule has 2 heterocycles. The van der Waals surface area contributed by atoms with E-state index in [9.17, 15) is 4.79 Å². The Balaban J connectivity index is 1.80. The number of piperidine rings is 1. The topological polar surface area (TPSA) is 90.6 Å². The molecule has 1 aliphatic heterocycles. The van der Waals surface area contributed by atoms with Crippen LogP contribution in [0.2, 0.25) is 0 Å². The monoisotopic (exact) mass is 342 g/mol. The number of hydrogen-bond acceptors (Lipinski definition) is 7. The van der Waals surface area contributed by atoms with Crippen LogP contribution in [0.5, 0.6) is 17.4 Å². The molecule has 0 aliphatic carbocycles. The summed E-state index contributed by atoms with van der Waals surface area (Å²) in [6, 6.07) is 7.31. The van der Waals surface area contributed by atoms with E-state index in [1.54, 1.807) is 26.2 Å². The number of methoxy groups -OCH3 is 1. The third-order valence-electron chi connectivity index (χ3n) is 4.47. The van der Waals surface area contributed by atoms with Crippen molar-refractivity contribution in [2.75, 3.05) is 30.8 Å². The number of hydrogen-bond donors (Lipinski definition) is 1. The summed E-state index contributed by atoms with van der Waals surface area (Å²) < 4.78 is 11.1. The fourth-order valence-electron chi connectivity index (χ4n) is 3.01. The molecule has 1 aliphatic rings. The molecule has 1 aromatic heterocycles. The Morgan fingerprint density at radius 3 is 2.52 bits per heavy atom. The van der Waals surface area contributed by atoms with E-state index in [1.807, 2.05) is 12.1 Å². The molecule has 25 heavy (non-hydrogen) atoms. The average Bonchev–Trinajstić information content (AvgIpc) is 2.64. The van der Waals surface area contributed by atoms with Crippen molar-refractivity contribution >= 4 is 17.3 Å². The number of para-hydroxylation sites is 2. The highest BCUT2D eigenvalue weighted by Gasteiger charge is 2.25. The average molecular weight is 342 g/mol. The van der Waals surface area contributed by atoms with Crippen LogP contribution in [-0.2, 0) is 4.79 Å². The van der Waals surface area contributed by atoms with E-state index >= 15 is 0 Å². The standard InChI is InChI=1S/C18H22N4O3/c1-12(23)13-7-9-22(10-8-13)17-16(19)18(21-11-20-17)25-15-6-4-3-5-14(15)24-2/h3-6,11,13H,7-10,19H2,1-2H3. The molecule has 0 saturated carbocycles. The van der Waals surface area contributed by atoms with Crippen LogP contribution in [0.4, 0.5) is 11.5 Å². The molecular weight excluding hydrogens is 320 g/mol. The first-order valence-corrected chi connectivity index (χ1v) is 8.27. The largest absolute Gasteiger partial charge is 0.493 e. The van der Waals surface area contributed by atoms with E-state index in [1.165, 1.54) is 6.33 Å². The summed E-state index contributed by atoms with van der Waals surface area (Å²) in [7, 11) is 1.58. The molecule has 0 unspecified atom stereocenters. The van der Waals surface area contributed by atoms with Crippen LogP contribution < -0.4 is 20.1 Å². The maximum absolute atomic E-state index is 11.5. The highest BCUT2D eigenvalue weighted by molar-refractivity contribution is 5.78. The molecule has 0 spiro atoms. The predicted molar refractivity (Wildman–Crippen MR) is 95.1 cm³/mol. The number of carbonyl (C=O) groups excluding carboxylic acids is 1. The van der Waals surface area contributed by atoms with Gasteiger partial charge in [-0.3, -0.25) is 4.79 Å². The quantitative estimate of drug-likeness (QED) is 0.893. The zero-order chi connectivity index (χ0) is 17.8. The van der Waals surface area contributed by atoms with Gasteiger partial charge in [-0.2, -0.15) is 4.98 Å². The van der Waals surface area contributed by atoms with E-state index in [0.717, 1.165) is 25.9 Å². The molecule has 1 fully saturated rings. The first-order valence-electron chi connectivity index (χ1n) is 8.27. The van der Waals surface area contributed by atoms with Crippen LogP contribution in [0, 0.1) is 5.92 Å². The number of ether oxygens (including phenoxy) is 2. The van der Waals surface area contributed by atoms with Gasteiger partial charge in [0.25, 0.3) is 0 Å². The number of carbonyl (C=O) groups is 1. The molecule has 0 bridgehead atoms. The lowest BCUT2D eigenvalue weighted by molar-refractivity contribution is -0.121. The number of aromatic nitrogens is 2. The normalized spacial score (nSPS) is 15.0. The van der Waals surface area contributed by atoms with Crippen molar-refractivity contribution in [1.82, 2.24) is 9.97 Å². The van der Waals surface area contributed by atoms with Gasteiger partial charge < -0.3 is 20.1 Å². The fraction of sp³-hybridized carbons (Fsp3) is 0.389. The summed E-state index contributed by atoms with van der Waals surface area (Å²) in [5.41, 5.74) is 6.63. The van der Waals surface area contributed by atoms with Crippen molar-refractivity contribution in [1.29, 1.82) is 0 Å². The molecule has 1 aromatic carbocycles. The zero-order valence-corrected chi connectivity index (χ0v) is 14.4. The van der Waals surface area contributed by atoms with E-state index in [0.29, 0.717) is 28.9 Å². The number of nitrogen functional groups attached to an aromatic ring is 1. The summed E-state index contributed by atoms with van der Waals surface area (Å²) in [6.07, 6.45) is 3.05. The van der Waals surface area contributed by atoms with Gasteiger partial charge in [0.15, 0.2) is 17.3 Å². The molecule has 0 radical (unpaired) electrons. The van der Waals surface area contributed by atoms with Gasteiger partial charge >= 0.3 is 0 Å². The van der Waals surface area contributed by atoms with Gasteiger partial charge in [0.1, 0.15) is 17.8 Å². The van der Waals surface area contributed by atoms with E-state index in [4.69, 9.17) is 15.2 Å². The zero-order valence-electron chi connectivity index (χ0n) is 14.4. The highest BCUT2D eigenvalue weighted by Crippen LogP contribution is 2.36. The molecule has 1 saturated heterocycles. The van der Waals surface area contributed by atoms with Gasteiger partial charge in [0.05, 0.1) is 7.11 Å². The minimum atomic E-state index is 0.128. The van der Waals surface area contributed by atoms with Gasteiger partial charge in [0.2, 0.25) is 5.88 Å². The highest BCUT2D eigenvalue weighted by atomic mass is 16.5. The van der Waals surface area contributed by atoms with E-state index in [2.05, 4.69) is 14.9 Å². The number of nitrogens with zero attached hydrogens (tertiary/aromatic N) is 3. The molecule has 0 amide bonds. The smallest absolute Gasteiger partial charge is 0.248 e. The van der Waals surface area contributed by atoms with Crippen LogP contribution in [-0.4, -0.2) is 36.0 Å². The lowest BCUT2D eigenvalue weighted by Crippen LogP contribution is -2.36. The molecule has 0 atom stereocenters. The third kappa shape index (κ3) is 3.65. The van der Waals surface area contributed by atoms with Crippen molar-refractivity contribution in [2.24, 2.45) is 5.92 Å². The van der Waals surface area contributed by atoms with Crippen molar-refractivity contribution < 1.29 is 14.3 Å². The Morgan fingerprint density at radius 2 is 1.88 bits per heavy atom. The number of ketones is 1. The Kier molecular flexibility index (Phi) is 5.02. The van der Waals surface area contributed by atoms with Gasteiger partial charge in [-0.25, -0.2) is 4.98 Å². The Labute approximate surface area is 146 Å². The summed E-state index contributed by atoms with van der Waals surface area (Å²) in [5, 5.41) is 0. The summed E-state index contributed by atoms with van der Waals surface area (Å²) in [5.74, 6) is 2.45. The lowest BCUT2D eigenvalue weighted by atomic mass is 9.93. The Hall–Kier alpha value is -2.83. The molecule has 2 aromatic rings. The number of anilines is 2. The first-order chi connectivity index (χ1) is 12.1. The summed E-state index contributed by atoms with van der Waals surface area (Å²) in [4.78, 5) is 22.1.